The van der Waals surface area contributed by atoms with Crippen molar-refractivity contribution in [3.05, 3.63) is 28.8 Å². The van der Waals surface area contributed by atoms with Crippen molar-refractivity contribution in [3.63, 3.8) is 0 Å². The number of hydrogen-bond acceptors (Lipinski definition) is 3. The Kier molecular flexibility index (Phi) is 5.29. The highest BCUT2D eigenvalue weighted by Gasteiger charge is 2.13. The molecule has 1 N–H and O–H groups in total. The fourth-order valence-electron chi connectivity index (χ4n) is 2.25. The summed E-state index contributed by atoms with van der Waals surface area (Å²) in [6, 6.07) is 6.38. The molecule has 1 aliphatic heterocycles. The minimum absolute atomic E-state index is 0.726. The lowest BCUT2D eigenvalue weighted by Gasteiger charge is -2.18. The smallest absolute Gasteiger partial charge is 0.0587 e. The zero-order valence-corrected chi connectivity index (χ0v) is 11.7. The molecule has 0 aromatic heterocycles. The molecule has 1 fully saturated rings. The van der Waals surface area contributed by atoms with Crippen LogP contribution < -0.4 is 10.2 Å². The number of rotatable bonds is 6. The minimum atomic E-state index is 0.726. The molecule has 1 heterocycles. The summed E-state index contributed by atoms with van der Waals surface area (Å²) in [5, 5.41) is 4.16. The van der Waals surface area contributed by atoms with E-state index in [1.165, 1.54) is 18.5 Å². The summed E-state index contributed by atoms with van der Waals surface area (Å²) in [4.78, 5) is 2.40. The molecule has 1 aromatic carbocycles. The molecule has 1 aromatic rings. The summed E-state index contributed by atoms with van der Waals surface area (Å²) in [5.74, 6) is 0. The predicted octanol–water partition coefficient (Wildman–Crippen LogP) is 2.68. The Balaban J connectivity index is 1.92. The Bertz CT molecular complexity index is 378. The van der Waals surface area contributed by atoms with Gasteiger partial charge in [-0.05, 0) is 30.5 Å². The van der Waals surface area contributed by atoms with Crippen molar-refractivity contribution >= 4 is 17.3 Å². The molecule has 100 valence electrons. The SMILES string of the molecule is COCCNCc1ccc(N2CCCC2)cc1Cl. The molecule has 0 radical (unpaired) electrons. The Labute approximate surface area is 114 Å². The van der Waals surface area contributed by atoms with E-state index < -0.39 is 0 Å². The third-order valence-corrected chi connectivity index (χ3v) is 3.66. The van der Waals surface area contributed by atoms with E-state index in [-0.39, 0.29) is 0 Å². The van der Waals surface area contributed by atoms with E-state index in [2.05, 4.69) is 28.4 Å². The average molecular weight is 269 g/mol. The van der Waals surface area contributed by atoms with E-state index in [0.717, 1.165) is 43.4 Å². The summed E-state index contributed by atoms with van der Waals surface area (Å²) in [7, 11) is 1.71. The number of nitrogens with one attached hydrogen (secondary N) is 1. The molecule has 0 aliphatic carbocycles. The summed E-state index contributed by atoms with van der Waals surface area (Å²) < 4.78 is 4.99. The first-order chi connectivity index (χ1) is 8.81. The fraction of sp³-hybridized carbons (Fsp3) is 0.571. The van der Waals surface area contributed by atoms with Gasteiger partial charge in [0.1, 0.15) is 0 Å². The van der Waals surface area contributed by atoms with Gasteiger partial charge in [-0.1, -0.05) is 17.7 Å². The third kappa shape index (κ3) is 3.61. The van der Waals surface area contributed by atoms with Crippen molar-refractivity contribution in [2.75, 3.05) is 38.3 Å². The minimum Gasteiger partial charge on any atom is -0.383 e. The second kappa shape index (κ2) is 6.98. The predicted molar refractivity (Wildman–Crippen MR) is 76.5 cm³/mol. The topological polar surface area (TPSA) is 24.5 Å². The Hall–Kier alpha value is -0.770. The second-order valence-corrected chi connectivity index (χ2v) is 5.05. The van der Waals surface area contributed by atoms with Crippen molar-refractivity contribution in [2.45, 2.75) is 19.4 Å². The van der Waals surface area contributed by atoms with Crippen LogP contribution >= 0.6 is 11.6 Å². The van der Waals surface area contributed by atoms with Gasteiger partial charge >= 0.3 is 0 Å². The molecule has 0 spiro atoms. The molecule has 3 nitrogen and oxygen atoms in total. The van der Waals surface area contributed by atoms with Crippen LogP contribution in [0.25, 0.3) is 0 Å². The standard InChI is InChI=1S/C14H21ClN2O/c1-18-9-6-16-11-12-4-5-13(10-14(12)15)17-7-2-3-8-17/h4-5,10,16H,2-3,6-9,11H2,1H3. The third-order valence-electron chi connectivity index (χ3n) is 3.31. The summed E-state index contributed by atoms with van der Waals surface area (Å²) in [5.41, 5.74) is 2.40. The van der Waals surface area contributed by atoms with Gasteiger partial charge < -0.3 is 15.0 Å². The Morgan fingerprint density at radius 2 is 2.11 bits per heavy atom. The van der Waals surface area contributed by atoms with Crippen LogP contribution in [0.5, 0.6) is 0 Å². The monoisotopic (exact) mass is 268 g/mol. The molecule has 0 amide bonds. The largest absolute Gasteiger partial charge is 0.383 e. The number of nitrogens with zero attached hydrogens (tertiary/aromatic N) is 1. The van der Waals surface area contributed by atoms with Crippen molar-refractivity contribution in [3.8, 4) is 0 Å². The van der Waals surface area contributed by atoms with Crippen molar-refractivity contribution < 1.29 is 4.74 Å². The highest BCUT2D eigenvalue weighted by atomic mass is 35.5. The van der Waals surface area contributed by atoms with Gasteiger partial charge in [0.05, 0.1) is 6.61 Å². The summed E-state index contributed by atoms with van der Waals surface area (Å²) in [6.45, 7) is 4.68. The first-order valence-electron chi connectivity index (χ1n) is 6.54. The van der Waals surface area contributed by atoms with Crippen molar-refractivity contribution in [2.24, 2.45) is 0 Å². The number of hydrogen-bond donors (Lipinski definition) is 1. The van der Waals surface area contributed by atoms with E-state index in [9.17, 15) is 0 Å². The molecule has 0 atom stereocenters. The lowest BCUT2D eigenvalue weighted by Crippen LogP contribution is -2.19. The Morgan fingerprint density at radius 3 is 2.78 bits per heavy atom. The Morgan fingerprint density at radius 1 is 1.33 bits per heavy atom. The molecule has 1 saturated heterocycles. The van der Waals surface area contributed by atoms with Crippen molar-refractivity contribution in [1.29, 1.82) is 0 Å². The van der Waals surface area contributed by atoms with Crippen LogP contribution in [0.2, 0.25) is 5.02 Å². The quantitative estimate of drug-likeness (QED) is 0.803. The zero-order valence-electron chi connectivity index (χ0n) is 10.9. The van der Waals surface area contributed by atoms with Crippen LogP contribution in [0.1, 0.15) is 18.4 Å². The number of anilines is 1. The maximum atomic E-state index is 6.32. The van der Waals surface area contributed by atoms with Crippen LogP contribution in [0.4, 0.5) is 5.69 Å². The van der Waals surface area contributed by atoms with E-state index in [4.69, 9.17) is 16.3 Å². The molecule has 4 heteroatoms. The van der Waals surface area contributed by atoms with Crippen LogP contribution in [0.3, 0.4) is 0 Å². The van der Waals surface area contributed by atoms with Gasteiger partial charge in [0.15, 0.2) is 0 Å². The average Bonchev–Trinajstić information content (AvgIpc) is 2.90. The van der Waals surface area contributed by atoms with Gasteiger partial charge in [-0.15, -0.1) is 0 Å². The molecule has 0 bridgehead atoms. The van der Waals surface area contributed by atoms with Gasteiger partial charge in [-0.25, -0.2) is 0 Å². The molecule has 18 heavy (non-hydrogen) atoms. The lowest BCUT2D eigenvalue weighted by atomic mass is 10.2. The lowest BCUT2D eigenvalue weighted by molar-refractivity contribution is 0.199. The van der Waals surface area contributed by atoms with Gasteiger partial charge in [0.2, 0.25) is 0 Å². The van der Waals surface area contributed by atoms with Crippen LogP contribution in [-0.4, -0.2) is 33.4 Å². The van der Waals surface area contributed by atoms with E-state index in [1.54, 1.807) is 7.11 Å². The molecule has 2 rings (SSSR count). The maximum Gasteiger partial charge on any atom is 0.0587 e. The molecular weight excluding hydrogens is 248 g/mol. The van der Waals surface area contributed by atoms with E-state index >= 15 is 0 Å². The van der Waals surface area contributed by atoms with E-state index in [0.29, 0.717) is 0 Å². The fourth-order valence-corrected chi connectivity index (χ4v) is 2.49. The molecule has 0 unspecified atom stereocenters. The first-order valence-corrected chi connectivity index (χ1v) is 6.92. The van der Waals surface area contributed by atoms with Gasteiger partial charge in [0.25, 0.3) is 0 Å². The van der Waals surface area contributed by atoms with Crippen LogP contribution in [0, 0.1) is 0 Å². The van der Waals surface area contributed by atoms with Crippen LogP contribution in [0.15, 0.2) is 18.2 Å². The van der Waals surface area contributed by atoms with Gasteiger partial charge in [-0.3, -0.25) is 0 Å². The molecule has 0 saturated carbocycles. The van der Waals surface area contributed by atoms with Crippen molar-refractivity contribution in [1.82, 2.24) is 5.32 Å². The highest BCUT2D eigenvalue weighted by molar-refractivity contribution is 6.31. The number of halogens is 1. The highest BCUT2D eigenvalue weighted by Crippen LogP contribution is 2.26. The normalized spacial score (nSPS) is 15.3. The number of methoxy groups -OCH3 is 1. The summed E-state index contributed by atoms with van der Waals surface area (Å²) in [6.07, 6.45) is 2.58. The number of benzene rings is 1. The van der Waals surface area contributed by atoms with E-state index in [1.807, 2.05) is 0 Å². The maximum absolute atomic E-state index is 6.32. The van der Waals surface area contributed by atoms with Gasteiger partial charge in [-0.2, -0.15) is 0 Å². The zero-order chi connectivity index (χ0) is 12.8. The number of ether oxygens (including phenoxy) is 1. The first kappa shape index (κ1) is 13.7. The van der Waals surface area contributed by atoms with Gasteiger partial charge in [0, 0.05) is 44.0 Å². The van der Waals surface area contributed by atoms with Crippen LogP contribution in [-0.2, 0) is 11.3 Å². The molecular formula is C14H21ClN2O. The summed E-state index contributed by atoms with van der Waals surface area (Å²) >= 11 is 6.32. The molecule has 1 aliphatic rings. The second-order valence-electron chi connectivity index (χ2n) is 4.64.